The van der Waals surface area contributed by atoms with Gasteiger partial charge >= 0.3 is 5.97 Å². The maximum atomic E-state index is 11.4. The molecule has 0 amide bonds. The van der Waals surface area contributed by atoms with Crippen LogP contribution in [0.15, 0.2) is 12.1 Å². The van der Waals surface area contributed by atoms with Crippen molar-refractivity contribution in [1.82, 2.24) is 0 Å². The van der Waals surface area contributed by atoms with Gasteiger partial charge in [0.25, 0.3) is 0 Å². The van der Waals surface area contributed by atoms with Crippen LogP contribution in [0.5, 0.6) is 0 Å². The van der Waals surface area contributed by atoms with E-state index in [0.29, 0.717) is 21.3 Å². The average Bonchev–Trinajstić information content (AvgIpc) is 2.16. The maximum absolute atomic E-state index is 11.4. The van der Waals surface area contributed by atoms with Crippen molar-refractivity contribution in [3.63, 3.8) is 0 Å². The fourth-order valence-corrected chi connectivity index (χ4v) is 2.00. The molecule has 0 aliphatic heterocycles. The Kier molecular flexibility index (Phi) is 3.83. The normalized spacial score (nSPS) is 9.93. The van der Waals surface area contributed by atoms with Gasteiger partial charge in [0.1, 0.15) is 0 Å². The van der Waals surface area contributed by atoms with Crippen molar-refractivity contribution in [1.29, 1.82) is 0 Å². The summed E-state index contributed by atoms with van der Waals surface area (Å²) in [5.41, 5.74) is 0.925. The van der Waals surface area contributed by atoms with Gasteiger partial charge in [0.15, 0.2) is 0 Å². The molecule has 5 heteroatoms. The molecule has 0 aliphatic rings. The van der Waals surface area contributed by atoms with Crippen LogP contribution in [0.3, 0.4) is 0 Å². The van der Waals surface area contributed by atoms with Crippen molar-refractivity contribution < 1.29 is 9.53 Å². The number of rotatable bonds is 2. The molecule has 82 valence electrons. The van der Waals surface area contributed by atoms with Crippen molar-refractivity contribution in [2.45, 2.75) is 0 Å². The van der Waals surface area contributed by atoms with Gasteiger partial charge in [-0.2, -0.15) is 0 Å². The van der Waals surface area contributed by atoms with Crippen molar-refractivity contribution >= 4 is 34.9 Å². The first-order chi connectivity index (χ1) is 6.99. The summed E-state index contributed by atoms with van der Waals surface area (Å²) in [6.45, 7) is 0. The lowest BCUT2D eigenvalue weighted by atomic mass is 10.2. The van der Waals surface area contributed by atoms with Crippen LogP contribution >= 0.6 is 23.2 Å². The summed E-state index contributed by atoms with van der Waals surface area (Å²) in [7, 11) is 4.91. The first-order valence-corrected chi connectivity index (χ1v) is 4.98. The summed E-state index contributed by atoms with van der Waals surface area (Å²) in [6.07, 6.45) is 0. The Balaban J connectivity index is 3.35. The minimum absolute atomic E-state index is 0.305. The smallest absolute Gasteiger partial charge is 0.339 e. The molecule has 15 heavy (non-hydrogen) atoms. The Labute approximate surface area is 98.5 Å². The molecule has 0 fully saturated rings. The number of carbonyl (C=O) groups is 1. The number of esters is 1. The van der Waals surface area contributed by atoms with Crippen molar-refractivity contribution in [2.75, 3.05) is 26.1 Å². The molecule has 0 aliphatic carbocycles. The first kappa shape index (κ1) is 12.1. The third-order valence-corrected chi connectivity index (χ3v) is 2.61. The van der Waals surface area contributed by atoms with E-state index >= 15 is 0 Å². The third kappa shape index (κ3) is 2.36. The number of benzene rings is 1. The van der Waals surface area contributed by atoms with Crippen LogP contribution in [-0.4, -0.2) is 27.2 Å². The Morgan fingerprint density at radius 1 is 1.33 bits per heavy atom. The van der Waals surface area contributed by atoms with E-state index in [0.717, 1.165) is 0 Å². The number of anilines is 1. The zero-order valence-electron chi connectivity index (χ0n) is 8.67. The fourth-order valence-electron chi connectivity index (χ4n) is 1.22. The van der Waals surface area contributed by atoms with E-state index in [2.05, 4.69) is 4.74 Å². The van der Waals surface area contributed by atoms with Crippen LogP contribution in [0.25, 0.3) is 0 Å². The van der Waals surface area contributed by atoms with E-state index in [1.165, 1.54) is 7.11 Å². The SMILES string of the molecule is COC(=O)c1ccc(Cl)c(N(C)C)c1Cl. The largest absolute Gasteiger partial charge is 0.465 e. The molecule has 0 saturated carbocycles. The van der Waals surface area contributed by atoms with Gasteiger partial charge in [0, 0.05) is 14.1 Å². The molecule has 0 bridgehead atoms. The molecular formula is C10H11Cl2NO2. The van der Waals surface area contributed by atoms with Gasteiger partial charge < -0.3 is 9.64 Å². The summed E-state index contributed by atoms with van der Waals surface area (Å²) in [5.74, 6) is -0.472. The Bertz CT molecular complexity index is 391. The number of nitrogens with zero attached hydrogens (tertiary/aromatic N) is 1. The summed E-state index contributed by atoms with van der Waals surface area (Å²) in [5, 5.41) is 0.803. The molecule has 3 nitrogen and oxygen atoms in total. The van der Waals surface area contributed by atoms with E-state index in [4.69, 9.17) is 23.2 Å². The Morgan fingerprint density at radius 2 is 1.93 bits per heavy atom. The molecule has 1 rings (SSSR count). The van der Waals surface area contributed by atoms with Gasteiger partial charge in [0.2, 0.25) is 0 Å². The molecule has 0 spiro atoms. The van der Waals surface area contributed by atoms with Crippen LogP contribution in [0.4, 0.5) is 5.69 Å². The van der Waals surface area contributed by atoms with E-state index in [1.54, 1.807) is 31.1 Å². The summed E-state index contributed by atoms with van der Waals surface area (Å²) in [6, 6.07) is 3.17. The van der Waals surface area contributed by atoms with Gasteiger partial charge in [-0.05, 0) is 12.1 Å². The average molecular weight is 248 g/mol. The molecule has 0 unspecified atom stereocenters. The highest BCUT2D eigenvalue weighted by atomic mass is 35.5. The second-order valence-corrected chi connectivity index (χ2v) is 3.93. The van der Waals surface area contributed by atoms with Gasteiger partial charge in [-0.3, -0.25) is 0 Å². The summed E-state index contributed by atoms with van der Waals surface area (Å²) in [4.78, 5) is 13.1. The van der Waals surface area contributed by atoms with Crippen LogP contribution < -0.4 is 4.90 Å². The standard InChI is InChI=1S/C10H11Cl2NO2/c1-13(2)9-7(11)5-4-6(8(9)12)10(14)15-3/h4-5H,1-3H3. The topological polar surface area (TPSA) is 29.5 Å². The third-order valence-electron chi connectivity index (χ3n) is 1.92. The van der Waals surface area contributed by atoms with Crippen LogP contribution in [-0.2, 0) is 4.74 Å². The van der Waals surface area contributed by atoms with Gasteiger partial charge in [-0.1, -0.05) is 23.2 Å². The second kappa shape index (κ2) is 4.73. The molecule has 0 N–H and O–H groups in total. The maximum Gasteiger partial charge on any atom is 0.339 e. The number of hydrogen-bond donors (Lipinski definition) is 0. The van der Waals surface area contributed by atoms with Crippen molar-refractivity contribution in [2.24, 2.45) is 0 Å². The number of halogens is 2. The number of carbonyl (C=O) groups excluding carboxylic acids is 1. The van der Waals surface area contributed by atoms with Gasteiger partial charge in [0.05, 0.1) is 28.4 Å². The lowest BCUT2D eigenvalue weighted by Crippen LogP contribution is -2.12. The summed E-state index contributed by atoms with van der Waals surface area (Å²) >= 11 is 12.0. The molecule has 0 heterocycles. The highest BCUT2D eigenvalue weighted by Crippen LogP contribution is 2.35. The minimum atomic E-state index is -0.472. The molecule has 1 aromatic carbocycles. The molecule has 0 atom stereocenters. The molecule has 1 aromatic rings. The van der Waals surface area contributed by atoms with E-state index in [1.807, 2.05) is 0 Å². The number of hydrogen-bond acceptors (Lipinski definition) is 3. The Hall–Kier alpha value is -0.930. The lowest BCUT2D eigenvalue weighted by molar-refractivity contribution is 0.0601. The Morgan fingerprint density at radius 3 is 2.40 bits per heavy atom. The molecule has 0 saturated heterocycles. The lowest BCUT2D eigenvalue weighted by Gasteiger charge is -2.17. The van der Waals surface area contributed by atoms with Gasteiger partial charge in [-0.15, -0.1) is 0 Å². The van der Waals surface area contributed by atoms with Crippen molar-refractivity contribution in [3.8, 4) is 0 Å². The molecule has 0 radical (unpaired) electrons. The van der Waals surface area contributed by atoms with Crippen LogP contribution in [0, 0.1) is 0 Å². The van der Waals surface area contributed by atoms with E-state index < -0.39 is 5.97 Å². The highest BCUT2D eigenvalue weighted by Gasteiger charge is 2.17. The second-order valence-electron chi connectivity index (χ2n) is 3.14. The predicted octanol–water partition coefficient (Wildman–Crippen LogP) is 2.85. The van der Waals surface area contributed by atoms with E-state index in [9.17, 15) is 4.79 Å². The number of ether oxygens (including phenoxy) is 1. The highest BCUT2D eigenvalue weighted by molar-refractivity contribution is 6.41. The monoisotopic (exact) mass is 247 g/mol. The van der Waals surface area contributed by atoms with Crippen molar-refractivity contribution in [3.05, 3.63) is 27.7 Å². The van der Waals surface area contributed by atoms with Crippen LogP contribution in [0.1, 0.15) is 10.4 Å². The fraction of sp³-hybridized carbons (Fsp3) is 0.300. The molecule has 0 aromatic heterocycles. The van der Waals surface area contributed by atoms with Crippen LogP contribution in [0.2, 0.25) is 10.0 Å². The van der Waals surface area contributed by atoms with Gasteiger partial charge in [-0.25, -0.2) is 4.79 Å². The zero-order chi connectivity index (χ0) is 11.6. The summed E-state index contributed by atoms with van der Waals surface area (Å²) < 4.78 is 4.61. The first-order valence-electron chi connectivity index (χ1n) is 4.22. The predicted molar refractivity (Wildman–Crippen MR) is 62.1 cm³/mol. The quantitative estimate of drug-likeness (QED) is 0.753. The zero-order valence-corrected chi connectivity index (χ0v) is 10.2. The minimum Gasteiger partial charge on any atom is -0.465 e. The van der Waals surface area contributed by atoms with E-state index in [-0.39, 0.29) is 0 Å². The molecular weight excluding hydrogens is 237 g/mol. The number of methoxy groups -OCH3 is 1.